The highest BCUT2D eigenvalue weighted by molar-refractivity contribution is 6.06. The molecule has 0 N–H and O–H groups in total. The van der Waals surface area contributed by atoms with E-state index in [2.05, 4.69) is 17.2 Å². The van der Waals surface area contributed by atoms with Crippen LogP contribution < -0.4 is 10.0 Å². The van der Waals surface area contributed by atoms with Gasteiger partial charge < -0.3 is 4.42 Å². The third-order valence-corrected chi connectivity index (χ3v) is 8.21. The van der Waals surface area contributed by atoms with E-state index >= 15 is 0 Å². The van der Waals surface area contributed by atoms with Gasteiger partial charge in [0.25, 0.3) is 0 Å². The highest BCUT2D eigenvalue weighted by Gasteiger charge is 2.41. The van der Waals surface area contributed by atoms with E-state index < -0.39 is 11.9 Å². The quantitative estimate of drug-likeness (QED) is 0.190. The van der Waals surface area contributed by atoms with Crippen LogP contribution in [0.25, 0.3) is 11.0 Å². The SMILES string of the molecule is FC(F)(F)/C(=N\N1c2ccccc2Cc2ccccc21)c1cc2cc(/C=N/N3c4ccccc4Cc4ccccc43)ccc2o1. The largest absolute Gasteiger partial charge is 0.454 e. The van der Waals surface area contributed by atoms with Gasteiger partial charge in [-0.2, -0.15) is 23.4 Å². The lowest BCUT2D eigenvalue weighted by Gasteiger charge is -2.30. The first-order valence-electron chi connectivity index (χ1n) is 14.6. The van der Waals surface area contributed by atoms with Crippen molar-refractivity contribution in [1.29, 1.82) is 0 Å². The Hall–Kier alpha value is -5.63. The van der Waals surface area contributed by atoms with Gasteiger partial charge in [0.15, 0.2) is 5.76 Å². The molecule has 0 spiro atoms. The number of hydrazone groups is 2. The molecule has 0 aliphatic carbocycles. The monoisotopic (exact) mass is 598 g/mol. The van der Waals surface area contributed by atoms with Crippen LogP contribution in [0.3, 0.4) is 0 Å². The molecule has 8 heteroatoms. The third kappa shape index (κ3) is 4.84. The van der Waals surface area contributed by atoms with Gasteiger partial charge in [0, 0.05) is 18.2 Å². The van der Waals surface area contributed by atoms with E-state index in [-0.39, 0.29) is 5.76 Å². The molecule has 0 radical (unpaired) electrons. The van der Waals surface area contributed by atoms with Gasteiger partial charge in [-0.3, -0.25) is 0 Å². The highest BCUT2D eigenvalue weighted by atomic mass is 19.4. The number of hydrogen-bond donors (Lipinski definition) is 0. The summed E-state index contributed by atoms with van der Waals surface area (Å²) in [6, 6.07) is 37.6. The van der Waals surface area contributed by atoms with Gasteiger partial charge in [-0.15, -0.1) is 0 Å². The second-order valence-electron chi connectivity index (χ2n) is 11.1. The maximum absolute atomic E-state index is 14.6. The average Bonchev–Trinajstić information content (AvgIpc) is 3.47. The van der Waals surface area contributed by atoms with E-state index in [0.29, 0.717) is 28.8 Å². The summed E-state index contributed by atoms with van der Waals surface area (Å²) in [6.45, 7) is 0. The number of nitrogens with zero attached hydrogens (tertiary/aromatic N) is 4. The van der Waals surface area contributed by atoms with Crippen LogP contribution in [0.2, 0.25) is 0 Å². The van der Waals surface area contributed by atoms with Gasteiger partial charge in [-0.1, -0.05) is 72.8 Å². The fourth-order valence-corrected chi connectivity index (χ4v) is 6.10. The summed E-state index contributed by atoms with van der Waals surface area (Å²) in [7, 11) is 0. The molecule has 5 nitrogen and oxygen atoms in total. The molecule has 0 atom stereocenters. The van der Waals surface area contributed by atoms with Crippen molar-refractivity contribution < 1.29 is 17.6 Å². The van der Waals surface area contributed by atoms with Crippen LogP contribution in [0.1, 0.15) is 33.6 Å². The number of rotatable bonds is 4. The fourth-order valence-electron chi connectivity index (χ4n) is 6.10. The van der Waals surface area contributed by atoms with Crippen molar-refractivity contribution in [1.82, 2.24) is 0 Å². The molecule has 45 heavy (non-hydrogen) atoms. The fraction of sp³-hybridized carbons (Fsp3) is 0.0811. The Labute approximate surface area is 257 Å². The molecule has 0 saturated carbocycles. The predicted octanol–water partition coefficient (Wildman–Crippen LogP) is 9.52. The summed E-state index contributed by atoms with van der Waals surface area (Å²) < 4.78 is 49.7. The van der Waals surface area contributed by atoms with Crippen molar-refractivity contribution in [2.24, 2.45) is 10.2 Å². The smallest absolute Gasteiger partial charge is 0.438 e. The Morgan fingerprint density at radius 3 is 1.62 bits per heavy atom. The predicted molar refractivity (Wildman–Crippen MR) is 172 cm³/mol. The van der Waals surface area contributed by atoms with Gasteiger partial charge in [0.1, 0.15) is 5.58 Å². The molecule has 0 bridgehead atoms. The molecule has 1 aromatic heterocycles. The summed E-state index contributed by atoms with van der Waals surface area (Å²) in [5, 5.41) is 12.8. The lowest BCUT2D eigenvalue weighted by atomic mass is 9.97. The van der Waals surface area contributed by atoms with E-state index in [1.165, 1.54) is 22.2 Å². The maximum atomic E-state index is 14.6. The van der Waals surface area contributed by atoms with Crippen molar-refractivity contribution >= 4 is 45.6 Å². The number of fused-ring (bicyclic) bond motifs is 5. The second-order valence-corrected chi connectivity index (χ2v) is 11.1. The molecule has 220 valence electrons. The first kappa shape index (κ1) is 27.0. The molecule has 2 aliphatic rings. The summed E-state index contributed by atoms with van der Waals surface area (Å²) in [4.78, 5) is 0. The van der Waals surface area contributed by atoms with E-state index in [0.717, 1.165) is 34.5 Å². The van der Waals surface area contributed by atoms with Crippen LogP contribution in [-0.4, -0.2) is 18.1 Å². The molecular formula is C37H25F3N4O. The Kier molecular flexibility index (Phi) is 6.30. The minimum atomic E-state index is -4.77. The van der Waals surface area contributed by atoms with E-state index in [1.807, 2.05) is 65.7 Å². The Balaban J connectivity index is 1.17. The average molecular weight is 599 g/mol. The standard InChI is InChI=1S/C37H25F3N4O/c38-37(39,40)36(42-44-32-15-7-3-11-27(32)21-28-12-4-8-16-33(28)44)35-22-29-19-24(17-18-34(29)45-35)23-41-43-30-13-5-1-9-25(30)20-26-10-2-6-14-31(26)43/h1-19,22-23H,20-21H2/b41-23+,42-36-. The number of para-hydroxylation sites is 4. The summed E-state index contributed by atoms with van der Waals surface area (Å²) in [5.74, 6) is -0.356. The minimum absolute atomic E-state index is 0.326. The molecule has 0 amide bonds. The Morgan fingerprint density at radius 1 is 0.622 bits per heavy atom. The summed E-state index contributed by atoms with van der Waals surface area (Å²) in [5.41, 5.74) is 7.26. The van der Waals surface area contributed by atoms with Crippen LogP contribution >= 0.6 is 0 Å². The zero-order valence-electron chi connectivity index (χ0n) is 23.9. The van der Waals surface area contributed by atoms with Gasteiger partial charge in [0.2, 0.25) is 5.71 Å². The molecule has 8 rings (SSSR count). The lowest BCUT2D eigenvalue weighted by Crippen LogP contribution is -2.28. The van der Waals surface area contributed by atoms with Crippen molar-refractivity contribution in [2.75, 3.05) is 10.0 Å². The van der Waals surface area contributed by atoms with Crippen LogP contribution in [0.4, 0.5) is 35.9 Å². The number of furan rings is 1. The molecule has 6 aromatic rings. The molecule has 5 aromatic carbocycles. The highest BCUT2D eigenvalue weighted by Crippen LogP contribution is 2.41. The molecular weight excluding hydrogens is 573 g/mol. The maximum Gasteiger partial charge on any atom is 0.438 e. The van der Waals surface area contributed by atoms with Crippen molar-refractivity contribution in [3.63, 3.8) is 0 Å². The first-order chi connectivity index (χ1) is 21.9. The van der Waals surface area contributed by atoms with E-state index in [1.54, 1.807) is 48.7 Å². The third-order valence-electron chi connectivity index (χ3n) is 8.21. The van der Waals surface area contributed by atoms with Crippen LogP contribution in [-0.2, 0) is 12.8 Å². The van der Waals surface area contributed by atoms with E-state index in [9.17, 15) is 13.2 Å². The van der Waals surface area contributed by atoms with E-state index in [4.69, 9.17) is 9.52 Å². The van der Waals surface area contributed by atoms with Crippen molar-refractivity contribution in [3.8, 4) is 0 Å². The second kappa shape index (κ2) is 10.5. The van der Waals surface area contributed by atoms with Gasteiger partial charge >= 0.3 is 6.18 Å². The van der Waals surface area contributed by atoms with Crippen LogP contribution in [0.15, 0.2) is 136 Å². The van der Waals surface area contributed by atoms with Gasteiger partial charge in [-0.25, -0.2) is 10.0 Å². The Bertz CT molecular complexity index is 2050. The zero-order valence-corrected chi connectivity index (χ0v) is 23.9. The normalized spacial score (nSPS) is 14.3. The molecule has 0 fully saturated rings. The lowest BCUT2D eigenvalue weighted by molar-refractivity contribution is -0.0590. The van der Waals surface area contributed by atoms with Gasteiger partial charge in [0.05, 0.1) is 29.0 Å². The number of anilines is 4. The number of hydrogen-bond acceptors (Lipinski definition) is 5. The molecule has 2 aliphatic heterocycles. The first-order valence-corrected chi connectivity index (χ1v) is 14.6. The molecule has 3 heterocycles. The zero-order chi connectivity index (χ0) is 30.5. The van der Waals surface area contributed by atoms with Crippen molar-refractivity contribution in [3.05, 3.63) is 155 Å². The summed E-state index contributed by atoms with van der Waals surface area (Å²) in [6.07, 6.45) is -1.62. The number of halogens is 3. The topological polar surface area (TPSA) is 44.3 Å². The van der Waals surface area contributed by atoms with Gasteiger partial charge in [-0.05, 0) is 76.3 Å². The number of benzene rings is 5. The summed E-state index contributed by atoms with van der Waals surface area (Å²) >= 11 is 0. The molecule has 0 saturated heterocycles. The van der Waals surface area contributed by atoms with Crippen molar-refractivity contribution in [2.45, 2.75) is 19.0 Å². The van der Waals surface area contributed by atoms with Crippen LogP contribution in [0, 0.1) is 0 Å². The number of alkyl halides is 3. The molecule has 0 unspecified atom stereocenters. The van der Waals surface area contributed by atoms with Crippen LogP contribution in [0.5, 0.6) is 0 Å². The minimum Gasteiger partial charge on any atom is -0.454 e. The Morgan fingerprint density at radius 2 is 1.11 bits per heavy atom.